The van der Waals surface area contributed by atoms with Gasteiger partial charge < -0.3 is 10.6 Å². The van der Waals surface area contributed by atoms with Gasteiger partial charge in [0.2, 0.25) is 0 Å². The first-order valence-electron chi connectivity index (χ1n) is 7.97. The number of nitrogens with zero attached hydrogens (tertiary/aromatic N) is 2. The molecule has 0 amide bonds. The minimum Gasteiger partial charge on any atom is -0.356 e. The molecular weight excluding hydrogens is 470 g/mol. The van der Waals surface area contributed by atoms with Gasteiger partial charge in [-0.3, -0.25) is 9.89 Å². The Kier molecular flexibility index (Phi) is 9.01. The summed E-state index contributed by atoms with van der Waals surface area (Å²) in [6.07, 6.45) is -3.28. The zero-order valence-electron chi connectivity index (χ0n) is 14.2. The first-order valence-corrected chi connectivity index (χ1v) is 7.97. The lowest BCUT2D eigenvalue weighted by Gasteiger charge is -2.19. The fourth-order valence-corrected chi connectivity index (χ4v) is 2.78. The molecule has 26 heavy (non-hydrogen) atoms. The van der Waals surface area contributed by atoms with E-state index in [1.807, 2.05) is 0 Å². The maximum atomic E-state index is 13.6. The van der Waals surface area contributed by atoms with Crippen LogP contribution in [0.3, 0.4) is 0 Å². The second kappa shape index (κ2) is 10.2. The normalized spacial score (nSPS) is 18.5. The number of alkyl halides is 3. The maximum absolute atomic E-state index is 13.6. The third-order valence-electron chi connectivity index (χ3n) is 3.94. The Balaban J connectivity index is 0.00000338. The third-order valence-corrected chi connectivity index (χ3v) is 3.94. The number of rotatable bonds is 5. The molecule has 1 aliphatic heterocycles. The third kappa shape index (κ3) is 7.60. The van der Waals surface area contributed by atoms with Gasteiger partial charge in [0.25, 0.3) is 0 Å². The lowest BCUT2D eigenvalue weighted by molar-refractivity contribution is -0.143. The van der Waals surface area contributed by atoms with Crippen molar-refractivity contribution in [3.63, 3.8) is 0 Å². The number of guanidine groups is 1. The monoisotopic (exact) mass is 492 g/mol. The molecule has 2 rings (SSSR count). The summed E-state index contributed by atoms with van der Waals surface area (Å²) < 4.78 is 63.6. The summed E-state index contributed by atoms with van der Waals surface area (Å²) in [5.74, 6) is -0.791. The SMILES string of the molecule is CN=C(NCCc1ccc(F)cc1F)NC1CCN(CC(F)(F)F)C1.I. The Morgan fingerprint density at radius 3 is 2.65 bits per heavy atom. The predicted octanol–water partition coefficient (Wildman–Crippen LogP) is 2.93. The van der Waals surface area contributed by atoms with E-state index in [1.165, 1.54) is 17.0 Å². The molecule has 1 aromatic rings. The van der Waals surface area contributed by atoms with Gasteiger partial charge in [0.1, 0.15) is 11.6 Å². The van der Waals surface area contributed by atoms with Crippen LogP contribution in [-0.4, -0.2) is 56.3 Å². The van der Waals surface area contributed by atoms with Gasteiger partial charge in [-0.1, -0.05) is 6.07 Å². The average Bonchev–Trinajstić information content (AvgIpc) is 2.93. The van der Waals surface area contributed by atoms with E-state index in [2.05, 4.69) is 15.6 Å². The van der Waals surface area contributed by atoms with E-state index in [9.17, 15) is 22.0 Å². The Labute approximate surface area is 166 Å². The van der Waals surface area contributed by atoms with Gasteiger partial charge in [-0.05, 0) is 24.5 Å². The molecular formula is C16H22F5IN4. The van der Waals surface area contributed by atoms with E-state index < -0.39 is 24.4 Å². The standard InChI is InChI=1S/C16H21F5N4.HI/c1-22-15(23-6-4-11-2-3-12(17)8-14(11)18)24-13-5-7-25(9-13)10-16(19,20)21;/h2-3,8,13H,4-7,9-10H2,1H3,(H2,22,23,24);1H. The lowest BCUT2D eigenvalue weighted by atomic mass is 10.1. The topological polar surface area (TPSA) is 39.7 Å². The van der Waals surface area contributed by atoms with Crippen LogP contribution >= 0.6 is 24.0 Å². The van der Waals surface area contributed by atoms with Crippen LogP contribution in [-0.2, 0) is 6.42 Å². The van der Waals surface area contributed by atoms with Crippen molar-refractivity contribution in [1.29, 1.82) is 0 Å². The molecule has 4 nitrogen and oxygen atoms in total. The number of halogens is 6. The minimum absolute atomic E-state index is 0. The number of nitrogens with one attached hydrogen (secondary N) is 2. The molecule has 1 saturated heterocycles. The van der Waals surface area contributed by atoms with Crippen molar-refractivity contribution in [2.45, 2.75) is 25.1 Å². The molecule has 0 spiro atoms. The van der Waals surface area contributed by atoms with Gasteiger partial charge in [0, 0.05) is 38.8 Å². The summed E-state index contributed by atoms with van der Waals surface area (Å²) in [6, 6.07) is 3.28. The van der Waals surface area contributed by atoms with Crippen molar-refractivity contribution >= 4 is 29.9 Å². The van der Waals surface area contributed by atoms with Crippen LogP contribution in [0.25, 0.3) is 0 Å². The Hall–Kier alpha value is -1.17. The molecule has 0 aliphatic carbocycles. The van der Waals surface area contributed by atoms with Crippen molar-refractivity contribution in [2.24, 2.45) is 4.99 Å². The van der Waals surface area contributed by atoms with E-state index in [-0.39, 0.29) is 36.6 Å². The molecule has 1 atom stereocenters. The minimum atomic E-state index is -4.20. The molecule has 0 radical (unpaired) electrons. The van der Waals surface area contributed by atoms with Crippen molar-refractivity contribution < 1.29 is 22.0 Å². The first-order chi connectivity index (χ1) is 11.8. The summed E-state index contributed by atoms with van der Waals surface area (Å²) in [6.45, 7) is 0.101. The maximum Gasteiger partial charge on any atom is 0.401 e. The second-order valence-corrected chi connectivity index (χ2v) is 5.96. The molecule has 1 unspecified atom stereocenters. The summed E-state index contributed by atoms with van der Waals surface area (Å²) in [5, 5.41) is 6.05. The fourth-order valence-electron chi connectivity index (χ4n) is 2.78. The molecule has 0 aromatic heterocycles. The molecule has 2 N–H and O–H groups in total. The van der Waals surface area contributed by atoms with Crippen LogP contribution < -0.4 is 10.6 Å². The van der Waals surface area contributed by atoms with Gasteiger partial charge in [0.15, 0.2) is 5.96 Å². The smallest absolute Gasteiger partial charge is 0.356 e. The average molecular weight is 492 g/mol. The summed E-state index contributed by atoms with van der Waals surface area (Å²) in [5.41, 5.74) is 0.376. The van der Waals surface area contributed by atoms with Crippen molar-refractivity contribution in [2.75, 3.05) is 33.2 Å². The van der Waals surface area contributed by atoms with E-state index in [0.717, 1.165) is 6.07 Å². The van der Waals surface area contributed by atoms with Crippen molar-refractivity contribution in [1.82, 2.24) is 15.5 Å². The highest BCUT2D eigenvalue weighted by Gasteiger charge is 2.34. The van der Waals surface area contributed by atoms with Crippen LogP contribution in [0.2, 0.25) is 0 Å². The zero-order valence-corrected chi connectivity index (χ0v) is 16.6. The summed E-state index contributed by atoms with van der Waals surface area (Å²) >= 11 is 0. The van der Waals surface area contributed by atoms with Crippen LogP contribution in [0.15, 0.2) is 23.2 Å². The zero-order chi connectivity index (χ0) is 18.4. The number of benzene rings is 1. The molecule has 1 aromatic carbocycles. The number of likely N-dealkylation sites (tertiary alicyclic amines) is 1. The highest BCUT2D eigenvalue weighted by atomic mass is 127. The van der Waals surface area contributed by atoms with Crippen LogP contribution in [0.5, 0.6) is 0 Å². The lowest BCUT2D eigenvalue weighted by Crippen LogP contribution is -2.45. The van der Waals surface area contributed by atoms with Gasteiger partial charge in [-0.15, -0.1) is 24.0 Å². The van der Waals surface area contributed by atoms with E-state index in [1.54, 1.807) is 7.05 Å². The van der Waals surface area contributed by atoms with Crippen LogP contribution in [0.4, 0.5) is 22.0 Å². The van der Waals surface area contributed by atoms with Crippen molar-refractivity contribution in [3.8, 4) is 0 Å². The molecule has 1 aliphatic rings. The predicted molar refractivity (Wildman–Crippen MR) is 101 cm³/mol. The highest BCUT2D eigenvalue weighted by molar-refractivity contribution is 14.0. The van der Waals surface area contributed by atoms with Crippen LogP contribution in [0.1, 0.15) is 12.0 Å². The Morgan fingerprint density at radius 1 is 1.31 bits per heavy atom. The van der Waals surface area contributed by atoms with Crippen molar-refractivity contribution in [3.05, 3.63) is 35.4 Å². The molecule has 148 valence electrons. The Bertz CT molecular complexity index is 609. The van der Waals surface area contributed by atoms with Gasteiger partial charge >= 0.3 is 6.18 Å². The highest BCUT2D eigenvalue weighted by Crippen LogP contribution is 2.19. The number of hydrogen-bond acceptors (Lipinski definition) is 2. The van der Waals surface area contributed by atoms with Gasteiger partial charge in [0.05, 0.1) is 6.54 Å². The molecule has 0 saturated carbocycles. The van der Waals surface area contributed by atoms with Gasteiger partial charge in [-0.2, -0.15) is 13.2 Å². The second-order valence-electron chi connectivity index (χ2n) is 5.96. The molecule has 0 bridgehead atoms. The number of hydrogen-bond donors (Lipinski definition) is 2. The first kappa shape index (κ1) is 22.9. The largest absolute Gasteiger partial charge is 0.401 e. The van der Waals surface area contributed by atoms with E-state index in [0.29, 0.717) is 37.5 Å². The molecule has 1 heterocycles. The van der Waals surface area contributed by atoms with Crippen LogP contribution in [0, 0.1) is 11.6 Å². The summed E-state index contributed by atoms with van der Waals surface area (Å²) in [4.78, 5) is 5.36. The van der Waals surface area contributed by atoms with E-state index >= 15 is 0 Å². The number of aliphatic imine (C=N–C) groups is 1. The molecule has 1 fully saturated rings. The fraction of sp³-hybridized carbons (Fsp3) is 0.562. The van der Waals surface area contributed by atoms with E-state index in [4.69, 9.17) is 0 Å². The summed E-state index contributed by atoms with van der Waals surface area (Å²) in [7, 11) is 1.55. The molecule has 10 heteroatoms. The quantitative estimate of drug-likeness (QED) is 0.288. The van der Waals surface area contributed by atoms with Gasteiger partial charge in [-0.25, -0.2) is 8.78 Å². The Morgan fingerprint density at radius 2 is 2.04 bits per heavy atom.